The minimum Gasteiger partial charge on any atom is -0.344 e. The molecule has 2 aromatic rings. The van der Waals surface area contributed by atoms with Crippen LogP contribution in [-0.4, -0.2) is 15.6 Å². The Morgan fingerprint density at radius 3 is 2.45 bits per heavy atom. The monoisotopic (exact) mass is 431 g/mol. The number of aromatic nitrogens is 2. The summed E-state index contributed by atoms with van der Waals surface area (Å²) in [5.41, 5.74) is 2.62. The molecule has 1 aliphatic heterocycles. The molecule has 3 unspecified atom stereocenters. The number of nitrogens with one attached hydrogen (secondary N) is 1. The lowest BCUT2D eigenvalue weighted by Crippen LogP contribution is -2.34. The summed E-state index contributed by atoms with van der Waals surface area (Å²) in [6.45, 7) is 6.39. The van der Waals surface area contributed by atoms with E-state index in [9.17, 15) is 4.79 Å². The average molecular weight is 432 g/mol. The first-order chi connectivity index (χ1) is 14.0. The smallest absolute Gasteiger partial charge is 0.166 e. The van der Waals surface area contributed by atoms with Crippen LogP contribution >= 0.6 is 23.2 Å². The summed E-state index contributed by atoms with van der Waals surface area (Å²) < 4.78 is 1.89. The van der Waals surface area contributed by atoms with E-state index in [1.165, 1.54) is 0 Å². The topological polar surface area (TPSA) is 46.9 Å². The van der Waals surface area contributed by atoms with Gasteiger partial charge in [0.25, 0.3) is 0 Å². The molecule has 2 aliphatic rings. The molecule has 1 saturated carbocycles. The Kier molecular flexibility index (Phi) is 5.76. The zero-order chi connectivity index (χ0) is 20.7. The number of hydrogen-bond acceptors (Lipinski definition) is 3. The fourth-order valence-electron chi connectivity index (χ4n) is 5.21. The van der Waals surface area contributed by atoms with Crippen LogP contribution in [0.3, 0.4) is 0 Å². The van der Waals surface area contributed by atoms with Gasteiger partial charge in [0, 0.05) is 23.3 Å². The molecule has 0 amide bonds. The van der Waals surface area contributed by atoms with Crippen molar-refractivity contribution in [2.24, 2.45) is 17.8 Å². The van der Waals surface area contributed by atoms with Crippen molar-refractivity contribution in [3.05, 3.63) is 57.3 Å². The van der Waals surface area contributed by atoms with Gasteiger partial charge in [0.15, 0.2) is 5.78 Å². The molecule has 4 nitrogen and oxygen atoms in total. The summed E-state index contributed by atoms with van der Waals surface area (Å²) in [7, 11) is 0. The average Bonchev–Trinajstić information content (AvgIpc) is 3.34. The fraction of sp³-hybridized carbons (Fsp3) is 0.478. The van der Waals surface area contributed by atoms with Gasteiger partial charge in [-0.25, -0.2) is 4.68 Å². The van der Waals surface area contributed by atoms with Crippen molar-refractivity contribution < 1.29 is 4.79 Å². The number of anilines is 1. The van der Waals surface area contributed by atoms with E-state index in [0.29, 0.717) is 21.9 Å². The van der Waals surface area contributed by atoms with Crippen molar-refractivity contribution >= 4 is 34.8 Å². The van der Waals surface area contributed by atoms with Gasteiger partial charge in [-0.1, -0.05) is 56.0 Å². The maximum absolute atomic E-state index is 14.0. The lowest BCUT2D eigenvalue weighted by molar-refractivity contribution is -0.122. The van der Waals surface area contributed by atoms with Crippen molar-refractivity contribution in [3.63, 3.8) is 0 Å². The van der Waals surface area contributed by atoms with Crippen LogP contribution in [0.2, 0.25) is 10.0 Å². The molecule has 1 aliphatic carbocycles. The van der Waals surface area contributed by atoms with E-state index in [0.717, 1.165) is 48.3 Å². The highest BCUT2D eigenvalue weighted by Gasteiger charge is 2.43. The molecule has 2 heterocycles. The van der Waals surface area contributed by atoms with Gasteiger partial charge in [0.1, 0.15) is 11.9 Å². The van der Waals surface area contributed by atoms with Gasteiger partial charge in [0.05, 0.1) is 16.2 Å². The Morgan fingerprint density at radius 2 is 1.83 bits per heavy atom. The SMILES string of the molecule is CCC1CCC(CC)C1C(=O)C1=C(C)Nc2ccnn2C1c1ccc(Cl)c(Cl)c1. The summed E-state index contributed by atoms with van der Waals surface area (Å²) in [5, 5.41) is 8.91. The number of benzene rings is 1. The minimum absolute atomic E-state index is 0.0686. The molecule has 1 aromatic heterocycles. The molecule has 6 heteroatoms. The molecule has 1 aromatic carbocycles. The molecule has 0 bridgehead atoms. The second-order valence-corrected chi connectivity index (χ2v) is 9.02. The highest BCUT2D eigenvalue weighted by Crippen LogP contribution is 2.46. The number of carbonyl (C=O) groups is 1. The zero-order valence-electron chi connectivity index (χ0n) is 17.1. The van der Waals surface area contributed by atoms with E-state index in [1.807, 2.05) is 29.8 Å². The fourth-order valence-corrected chi connectivity index (χ4v) is 5.52. The van der Waals surface area contributed by atoms with E-state index >= 15 is 0 Å². The van der Waals surface area contributed by atoms with Gasteiger partial charge in [-0.15, -0.1) is 0 Å². The lowest BCUT2D eigenvalue weighted by atomic mass is 9.77. The maximum atomic E-state index is 14.0. The van der Waals surface area contributed by atoms with Crippen LogP contribution < -0.4 is 5.32 Å². The Balaban J connectivity index is 1.83. The van der Waals surface area contributed by atoms with Crippen molar-refractivity contribution in [1.29, 1.82) is 0 Å². The van der Waals surface area contributed by atoms with Crippen molar-refractivity contribution in [1.82, 2.24) is 9.78 Å². The van der Waals surface area contributed by atoms with Crippen LogP contribution in [0.15, 0.2) is 41.7 Å². The summed E-state index contributed by atoms with van der Waals surface area (Å²) in [4.78, 5) is 14.0. The number of ketones is 1. The Hall–Kier alpha value is -1.78. The number of carbonyl (C=O) groups excluding carboxylic acids is 1. The molecular formula is C23H27Cl2N3O. The van der Waals surface area contributed by atoms with Gasteiger partial charge >= 0.3 is 0 Å². The van der Waals surface area contributed by atoms with Crippen LogP contribution in [0.25, 0.3) is 0 Å². The summed E-state index contributed by atoms with van der Waals surface area (Å²) >= 11 is 12.5. The van der Waals surface area contributed by atoms with Crippen LogP contribution in [0.5, 0.6) is 0 Å². The highest BCUT2D eigenvalue weighted by molar-refractivity contribution is 6.42. The maximum Gasteiger partial charge on any atom is 0.166 e. The Morgan fingerprint density at radius 1 is 1.14 bits per heavy atom. The molecule has 0 saturated heterocycles. The van der Waals surface area contributed by atoms with Crippen molar-refractivity contribution in [2.45, 2.75) is 52.5 Å². The molecule has 29 heavy (non-hydrogen) atoms. The van der Waals surface area contributed by atoms with E-state index in [2.05, 4.69) is 24.3 Å². The number of nitrogens with zero attached hydrogens (tertiary/aromatic N) is 2. The molecule has 1 fully saturated rings. The molecule has 4 rings (SSSR count). The molecule has 0 radical (unpaired) electrons. The van der Waals surface area contributed by atoms with E-state index < -0.39 is 0 Å². The van der Waals surface area contributed by atoms with Gasteiger partial charge in [-0.05, 0) is 49.3 Å². The second kappa shape index (κ2) is 8.16. The molecule has 1 N–H and O–H groups in total. The van der Waals surface area contributed by atoms with Crippen LogP contribution in [-0.2, 0) is 4.79 Å². The standard InChI is InChI=1S/C23H27Cl2N3O/c1-4-14-6-7-15(5-2)21(14)23(29)20-13(3)27-19-10-11-26-28(19)22(20)16-8-9-17(24)18(25)12-16/h8-12,14-15,21-22,27H,4-7H2,1-3H3. The normalized spacial score (nSPS) is 26.4. The van der Waals surface area contributed by atoms with Crippen LogP contribution in [0.1, 0.15) is 58.1 Å². The molecule has 154 valence electrons. The van der Waals surface area contributed by atoms with Crippen molar-refractivity contribution in [2.75, 3.05) is 5.32 Å². The number of rotatable bonds is 5. The summed E-state index contributed by atoms with van der Waals surface area (Å²) in [6, 6.07) is 7.21. The highest BCUT2D eigenvalue weighted by atomic mass is 35.5. The lowest BCUT2D eigenvalue weighted by Gasteiger charge is -2.33. The number of halogens is 2. The Labute approximate surface area is 182 Å². The van der Waals surface area contributed by atoms with E-state index in [1.54, 1.807) is 12.3 Å². The number of Topliss-reactive ketones (excluding diaryl/α,β-unsaturated/α-hetero) is 1. The third-order valence-corrected chi connectivity index (χ3v) is 7.45. The number of allylic oxidation sites excluding steroid dienone is 2. The largest absolute Gasteiger partial charge is 0.344 e. The Bertz CT molecular complexity index is 953. The second-order valence-electron chi connectivity index (χ2n) is 8.20. The third-order valence-electron chi connectivity index (χ3n) is 6.71. The summed E-state index contributed by atoms with van der Waals surface area (Å²) in [6.07, 6.45) is 6.10. The minimum atomic E-state index is -0.306. The van der Waals surface area contributed by atoms with Crippen molar-refractivity contribution in [3.8, 4) is 0 Å². The van der Waals surface area contributed by atoms with Gasteiger partial charge in [-0.3, -0.25) is 4.79 Å². The first-order valence-corrected chi connectivity index (χ1v) is 11.2. The van der Waals surface area contributed by atoms with Crippen LogP contribution in [0, 0.1) is 17.8 Å². The van der Waals surface area contributed by atoms with Gasteiger partial charge in [-0.2, -0.15) is 5.10 Å². The van der Waals surface area contributed by atoms with Gasteiger partial charge < -0.3 is 5.32 Å². The molecular weight excluding hydrogens is 405 g/mol. The first-order valence-electron chi connectivity index (χ1n) is 10.5. The first kappa shape index (κ1) is 20.5. The zero-order valence-corrected chi connectivity index (χ0v) is 18.6. The molecule has 0 spiro atoms. The summed E-state index contributed by atoms with van der Waals surface area (Å²) in [5.74, 6) is 2.09. The van der Waals surface area contributed by atoms with E-state index in [4.69, 9.17) is 23.2 Å². The molecule has 3 atom stereocenters. The van der Waals surface area contributed by atoms with E-state index in [-0.39, 0.29) is 17.7 Å². The third kappa shape index (κ3) is 3.51. The number of fused-ring (bicyclic) bond motifs is 1. The van der Waals surface area contributed by atoms with Gasteiger partial charge in [0.2, 0.25) is 0 Å². The predicted octanol–water partition coefficient (Wildman–Crippen LogP) is 6.51. The predicted molar refractivity (Wildman–Crippen MR) is 118 cm³/mol. The quantitative estimate of drug-likeness (QED) is 0.586. The number of hydrogen-bond donors (Lipinski definition) is 1. The van der Waals surface area contributed by atoms with Crippen LogP contribution in [0.4, 0.5) is 5.82 Å².